The number of amides is 2. The number of hydrogen-bond donors (Lipinski definition) is 1. The zero-order chi connectivity index (χ0) is 36.6. The fourth-order valence-electron chi connectivity index (χ4n) is 8.77. The number of carbonyl (C=O) groups is 3. The number of fused-ring (bicyclic) bond motifs is 6. The summed E-state index contributed by atoms with van der Waals surface area (Å²) in [7, 11) is 0. The van der Waals surface area contributed by atoms with Crippen LogP contribution >= 0.6 is 0 Å². The smallest absolute Gasteiger partial charge is 0.410 e. The molecule has 4 aliphatic rings. The molecule has 0 saturated carbocycles. The molecular formula is C44H48N2O6. The summed E-state index contributed by atoms with van der Waals surface area (Å²) < 4.78 is 11.4. The number of hydrogen-bond acceptors (Lipinski definition) is 6. The molecule has 0 bridgehead atoms. The number of rotatable bonds is 6. The first-order chi connectivity index (χ1) is 25.0. The van der Waals surface area contributed by atoms with Gasteiger partial charge in [-0.1, -0.05) is 125 Å². The zero-order valence-electron chi connectivity index (χ0n) is 30.5. The van der Waals surface area contributed by atoms with E-state index in [1.165, 1.54) is 44.5 Å². The summed E-state index contributed by atoms with van der Waals surface area (Å²) in [6.07, 6.45) is 1.62. The normalized spacial score (nSPS) is 20.6. The lowest BCUT2D eigenvalue weighted by molar-refractivity contribution is -0.111. The molecule has 2 heterocycles. The van der Waals surface area contributed by atoms with Crippen molar-refractivity contribution >= 4 is 18.5 Å². The number of aliphatic hydroxyl groups excluding tert-OH is 1. The summed E-state index contributed by atoms with van der Waals surface area (Å²) in [4.78, 5) is 39.9. The van der Waals surface area contributed by atoms with E-state index in [9.17, 15) is 19.5 Å². The van der Waals surface area contributed by atoms with Crippen LogP contribution < -0.4 is 0 Å². The molecule has 2 aliphatic carbocycles. The van der Waals surface area contributed by atoms with Crippen LogP contribution in [0.1, 0.15) is 74.6 Å². The molecule has 2 saturated heterocycles. The van der Waals surface area contributed by atoms with Gasteiger partial charge in [-0.15, -0.1) is 0 Å². The van der Waals surface area contributed by atoms with E-state index in [0.717, 1.165) is 12.7 Å². The van der Waals surface area contributed by atoms with Crippen molar-refractivity contribution < 1.29 is 29.0 Å². The Hall–Kier alpha value is -4.95. The molecule has 2 amide bonds. The highest BCUT2D eigenvalue weighted by Crippen LogP contribution is 2.46. The molecule has 0 spiro atoms. The van der Waals surface area contributed by atoms with E-state index in [0.29, 0.717) is 26.1 Å². The molecule has 8 nitrogen and oxygen atoms in total. The second-order valence-electron chi connectivity index (χ2n) is 16.1. The monoisotopic (exact) mass is 700 g/mol. The minimum Gasteiger partial charge on any atom is -0.448 e. The Morgan fingerprint density at radius 3 is 1.40 bits per heavy atom. The molecule has 0 radical (unpaired) electrons. The summed E-state index contributed by atoms with van der Waals surface area (Å²) in [5.41, 5.74) is 9.61. The predicted molar refractivity (Wildman–Crippen MR) is 201 cm³/mol. The van der Waals surface area contributed by atoms with Gasteiger partial charge in [0.05, 0.1) is 18.7 Å². The van der Waals surface area contributed by atoms with Gasteiger partial charge in [0.2, 0.25) is 0 Å². The van der Waals surface area contributed by atoms with Crippen LogP contribution in [0.4, 0.5) is 9.59 Å². The molecule has 52 heavy (non-hydrogen) atoms. The van der Waals surface area contributed by atoms with Crippen LogP contribution in [0.15, 0.2) is 97.1 Å². The zero-order valence-corrected chi connectivity index (χ0v) is 30.5. The second kappa shape index (κ2) is 14.2. The first-order valence-electron chi connectivity index (χ1n) is 18.3. The largest absolute Gasteiger partial charge is 0.448 e. The lowest BCUT2D eigenvalue weighted by atomic mass is 9.91. The summed E-state index contributed by atoms with van der Waals surface area (Å²) >= 11 is 0. The lowest BCUT2D eigenvalue weighted by Gasteiger charge is -2.24. The maximum absolute atomic E-state index is 12.7. The van der Waals surface area contributed by atoms with E-state index in [2.05, 4.69) is 76.2 Å². The molecule has 2 aliphatic heterocycles. The molecule has 0 aromatic heterocycles. The van der Waals surface area contributed by atoms with Gasteiger partial charge in [-0.25, -0.2) is 9.59 Å². The highest BCUT2D eigenvalue weighted by atomic mass is 16.6. The van der Waals surface area contributed by atoms with Crippen molar-refractivity contribution in [3.63, 3.8) is 0 Å². The highest BCUT2D eigenvalue weighted by Gasteiger charge is 2.42. The van der Waals surface area contributed by atoms with Crippen LogP contribution in [0, 0.1) is 10.8 Å². The van der Waals surface area contributed by atoms with E-state index in [-0.39, 0.29) is 54.1 Å². The van der Waals surface area contributed by atoms with Crippen molar-refractivity contribution in [3.05, 3.63) is 119 Å². The summed E-state index contributed by atoms with van der Waals surface area (Å²) in [6.45, 7) is 10.1. The third-order valence-electron chi connectivity index (χ3n) is 11.1. The Kier molecular flexibility index (Phi) is 9.70. The minimum absolute atomic E-state index is 0.0129. The van der Waals surface area contributed by atoms with Crippen LogP contribution in [0.5, 0.6) is 0 Å². The molecule has 4 aromatic rings. The number of carbonyl (C=O) groups excluding carboxylic acids is 3. The quantitative estimate of drug-likeness (QED) is 0.204. The van der Waals surface area contributed by atoms with E-state index >= 15 is 0 Å². The lowest BCUT2D eigenvalue weighted by Crippen LogP contribution is -2.39. The van der Waals surface area contributed by atoms with Gasteiger partial charge in [-0.2, -0.15) is 0 Å². The Balaban J connectivity index is 0.000000162. The van der Waals surface area contributed by atoms with Gasteiger partial charge in [0.15, 0.2) is 0 Å². The van der Waals surface area contributed by atoms with E-state index in [4.69, 9.17) is 9.47 Å². The van der Waals surface area contributed by atoms with Gasteiger partial charge in [0, 0.05) is 24.9 Å². The van der Waals surface area contributed by atoms with Crippen molar-refractivity contribution in [3.8, 4) is 22.3 Å². The van der Waals surface area contributed by atoms with Gasteiger partial charge in [0.25, 0.3) is 0 Å². The SMILES string of the molecule is CC1(C)C[C@H](C=O)N(C(=O)OCC2c3ccccc3-c3ccccc32)C1.CC1(C)C[C@H](CO)N(C(=O)OCC2c3ccccc3-c3ccccc32)C1. The third-order valence-corrected chi connectivity index (χ3v) is 11.1. The third kappa shape index (κ3) is 6.84. The van der Waals surface area contributed by atoms with Gasteiger partial charge in [0.1, 0.15) is 19.5 Å². The summed E-state index contributed by atoms with van der Waals surface area (Å²) in [5, 5.41) is 9.61. The molecule has 2 fully saturated rings. The molecule has 8 rings (SSSR count). The first kappa shape index (κ1) is 35.5. The van der Waals surface area contributed by atoms with Crippen molar-refractivity contribution in [1.82, 2.24) is 9.80 Å². The number of aliphatic hydroxyl groups is 1. The average Bonchev–Trinajstić information content (AvgIpc) is 3.86. The molecule has 8 heteroatoms. The van der Waals surface area contributed by atoms with E-state index in [1.54, 1.807) is 9.80 Å². The molecule has 1 N–H and O–H groups in total. The van der Waals surface area contributed by atoms with Gasteiger partial charge < -0.3 is 24.3 Å². The van der Waals surface area contributed by atoms with Crippen LogP contribution in [0.3, 0.4) is 0 Å². The van der Waals surface area contributed by atoms with Crippen LogP contribution in [0.2, 0.25) is 0 Å². The van der Waals surface area contributed by atoms with Crippen molar-refractivity contribution in [2.45, 2.75) is 64.5 Å². The maximum Gasteiger partial charge on any atom is 0.410 e. The number of ether oxygens (including phenoxy) is 2. The number of aldehydes is 1. The van der Waals surface area contributed by atoms with Gasteiger partial charge in [-0.3, -0.25) is 4.90 Å². The molecule has 270 valence electrons. The van der Waals surface area contributed by atoms with E-state index in [1.807, 2.05) is 48.5 Å². The number of nitrogens with zero attached hydrogens (tertiary/aromatic N) is 2. The molecule has 4 aromatic carbocycles. The Labute approximate surface area is 306 Å². The van der Waals surface area contributed by atoms with Crippen LogP contribution in [-0.4, -0.2) is 78.4 Å². The average molecular weight is 701 g/mol. The van der Waals surface area contributed by atoms with Crippen LogP contribution in [-0.2, 0) is 14.3 Å². The van der Waals surface area contributed by atoms with Gasteiger partial charge in [-0.05, 0) is 68.2 Å². The van der Waals surface area contributed by atoms with Crippen molar-refractivity contribution in [2.75, 3.05) is 32.9 Å². The Bertz CT molecular complexity index is 1880. The topological polar surface area (TPSA) is 96.4 Å². The standard InChI is InChI=1S/C22H25NO3.C22H23NO3/c2*1-22(2)11-15(12-24)23(14-22)21(25)26-13-20-18-9-5-3-7-16(18)17-8-4-6-10-19(17)20/h3-10,15,20,24H,11-14H2,1-2H3;3-10,12,15,20H,11,13-14H2,1-2H3/t2*15-/m11/s1. The maximum atomic E-state index is 12.7. The number of benzene rings is 4. The molecule has 0 unspecified atom stereocenters. The first-order valence-corrected chi connectivity index (χ1v) is 18.3. The summed E-state index contributed by atoms with van der Waals surface area (Å²) in [6, 6.07) is 32.6. The Morgan fingerprint density at radius 2 is 1.00 bits per heavy atom. The van der Waals surface area contributed by atoms with Gasteiger partial charge >= 0.3 is 12.2 Å². The Morgan fingerprint density at radius 1 is 0.635 bits per heavy atom. The molecule has 2 atom stereocenters. The highest BCUT2D eigenvalue weighted by molar-refractivity contribution is 5.80. The minimum atomic E-state index is -0.394. The molecular weight excluding hydrogens is 652 g/mol. The van der Waals surface area contributed by atoms with Crippen LogP contribution in [0.25, 0.3) is 22.3 Å². The fraction of sp³-hybridized carbons (Fsp3) is 0.386. The second-order valence-corrected chi connectivity index (χ2v) is 16.1. The number of likely N-dealkylation sites (tertiary alicyclic amines) is 2. The summed E-state index contributed by atoms with van der Waals surface area (Å²) in [5.74, 6) is 0.103. The predicted octanol–water partition coefficient (Wildman–Crippen LogP) is 8.26. The fourth-order valence-corrected chi connectivity index (χ4v) is 8.77. The van der Waals surface area contributed by atoms with Crippen molar-refractivity contribution in [2.24, 2.45) is 10.8 Å². The van der Waals surface area contributed by atoms with Crippen molar-refractivity contribution in [1.29, 1.82) is 0 Å². The van der Waals surface area contributed by atoms with E-state index < -0.39 is 6.09 Å².